The summed E-state index contributed by atoms with van der Waals surface area (Å²) in [6, 6.07) is 11.7. The average molecular weight is 362 g/mol. The number of hydrogen-bond donors (Lipinski definition) is 0. The van der Waals surface area contributed by atoms with Crippen molar-refractivity contribution in [3.05, 3.63) is 47.0 Å². The van der Waals surface area contributed by atoms with Crippen molar-refractivity contribution in [1.29, 1.82) is 0 Å². The molecule has 0 spiro atoms. The summed E-state index contributed by atoms with van der Waals surface area (Å²) in [6.45, 7) is 3.11. The molecule has 2 aromatic carbocycles. The molecule has 5 nitrogen and oxygen atoms in total. The normalized spacial score (nSPS) is 18.3. The van der Waals surface area contributed by atoms with Crippen LogP contribution in [0.25, 0.3) is 0 Å². The van der Waals surface area contributed by atoms with Gasteiger partial charge in [-0.25, -0.2) is 0 Å². The zero-order valence-corrected chi connectivity index (χ0v) is 14.8. The van der Waals surface area contributed by atoms with Gasteiger partial charge in [-0.1, -0.05) is 23.7 Å². The van der Waals surface area contributed by atoms with Gasteiger partial charge < -0.3 is 18.9 Å². The van der Waals surface area contributed by atoms with E-state index in [0.29, 0.717) is 36.3 Å². The maximum absolute atomic E-state index is 6.31. The lowest BCUT2D eigenvalue weighted by Gasteiger charge is -2.29. The van der Waals surface area contributed by atoms with Crippen LogP contribution in [0, 0.1) is 0 Å². The number of para-hydroxylation sites is 2. The van der Waals surface area contributed by atoms with E-state index in [9.17, 15) is 0 Å². The molecule has 0 saturated heterocycles. The summed E-state index contributed by atoms with van der Waals surface area (Å²) in [5.74, 6) is 2.96. The quantitative estimate of drug-likeness (QED) is 0.835. The highest BCUT2D eigenvalue weighted by Crippen LogP contribution is 2.38. The smallest absolute Gasteiger partial charge is 0.179 e. The lowest BCUT2D eigenvalue weighted by atomic mass is 10.1. The van der Waals surface area contributed by atoms with Crippen molar-refractivity contribution >= 4 is 11.6 Å². The third-order valence-corrected chi connectivity index (χ3v) is 4.47. The largest absolute Gasteiger partial charge is 0.486 e. The topological polar surface area (TPSA) is 40.2 Å². The molecular formula is C19H20ClNO4. The van der Waals surface area contributed by atoms with Crippen LogP contribution in [-0.4, -0.2) is 44.4 Å². The third-order valence-electron chi connectivity index (χ3n) is 4.19. The predicted octanol–water partition coefficient (Wildman–Crippen LogP) is 3.38. The molecule has 0 aromatic heterocycles. The van der Waals surface area contributed by atoms with E-state index in [-0.39, 0.29) is 6.10 Å². The van der Waals surface area contributed by atoms with Gasteiger partial charge in [0.15, 0.2) is 23.0 Å². The van der Waals surface area contributed by atoms with Gasteiger partial charge >= 0.3 is 0 Å². The molecule has 0 fully saturated rings. The van der Waals surface area contributed by atoms with E-state index in [1.165, 1.54) is 0 Å². The van der Waals surface area contributed by atoms with Gasteiger partial charge in [0.2, 0.25) is 0 Å². The second kappa shape index (κ2) is 7.02. The van der Waals surface area contributed by atoms with Crippen LogP contribution in [0.1, 0.15) is 5.56 Å². The van der Waals surface area contributed by atoms with Crippen molar-refractivity contribution in [2.75, 3.05) is 33.4 Å². The summed E-state index contributed by atoms with van der Waals surface area (Å²) in [5, 5.41) is 0.590. The molecule has 2 aliphatic heterocycles. The fraction of sp³-hybridized carbons (Fsp3) is 0.368. The zero-order chi connectivity index (χ0) is 17.2. The Morgan fingerprint density at radius 1 is 1.04 bits per heavy atom. The molecule has 0 N–H and O–H groups in total. The molecule has 2 aliphatic rings. The Labute approximate surface area is 152 Å². The Kier molecular flexibility index (Phi) is 4.59. The minimum atomic E-state index is -0.00687. The van der Waals surface area contributed by atoms with Crippen molar-refractivity contribution in [3.63, 3.8) is 0 Å². The van der Waals surface area contributed by atoms with E-state index in [0.717, 1.165) is 30.2 Å². The highest BCUT2D eigenvalue weighted by Gasteiger charge is 2.23. The highest BCUT2D eigenvalue weighted by molar-refractivity contribution is 6.32. The lowest BCUT2D eigenvalue weighted by molar-refractivity contribution is 0.0637. The van der Waals surface area contributed by atoms with Crippen LogP contribution in [0.2, 0.25) is 5.02 Å². The fourth-order valence-corrected chi connectivity index (χ4v) is 3.42. The monoisotopic (exact) mass is 361 g/mol. The maximum atomic E-state index is 6.31. The number of ether oxygens (including phenoxy) is 4. The number of halogens is 1. The average Bonchev–Trinajstić information content (AvgIpc) is 2.61. The van der Waals surface area contributed by atoms with E-state index in [1.807, 2.05) is 36.4 Å². The van der Waals surface area contributed by atoms with Crippen molar-refractivity contribution in [2.24, 2.45) is 0 Å². The molecule has 2 aromatic rings. The first-order chi connectivity index (χ1) is 12.2. The standard InChI is InChI=1S/C19H20ClNO4/c1-21(11-14-12-24-16-4-2-3-5-17(16)25-14)10-13-8-15(20)19-18(9-13)22-6-7-23-19/h2-5,8-9,14H,6-7,10-12H2,1H3/t14-/m0/s1. The van der Waals surface area contributed by atoms with Gasteiger partial charge in [-0.05, 0) is 36.9 Å². The van der Waals surface area contributed by atoms with Gasteiger partial charge in [0, 0.05) is 13.1 Å². The Balaban J connectivity index is 1.40. The van der Waals surface area contributed by atoms with Crippen LogP contribution < -0.4 is 18.9 Å². The minimum Gasteiger partial charge on any atom is -0.486 e. The number of benzene rings is 2. The summed E-state index contributed by atoms with van der Waals surface area (Å²) in [5.41, 5.74) is 1.08. The van der Waals surface area contributed by atoms with E-state index >= 15 is 0 Å². The molecule has 0 radical (unpaired) electrons. The molecule has 0 saturated carbocycles. The molecule has 25 heavy (non-hydrogen) atoms. The van der Waals surface area contributed by atoms with Gasteiger partial charge in [-0.2, -0.15) is 0 Å². The number of rotatable bonds is 4. The first kappa shape index (κ1) is 16.4. The SMILES string of the molecule is CN(Cc1cc(Cl)c2c(c1)OCCO2)C[C@H]1COc2ccccc2O1. The summed E-state index contributed by atoms with van der Waals surface area (Å²) < 4.78 is 23.0. The van der Waals surface area contributed by atoms with Crippen molar-refractivity contribution in [1.82, 2.24) is 4.90 Å². The fourth-order valence-electron chi connectivity index (χ4n) is 3.13. The molecule has 132 valence electrons. The van der Waals surface area contributed by atoms with Crippen LogP contribution in [0.3, 0.4) is 0 Å². The van der Waals surface area contributed by atoms with Crippen molar-refractivity contribution in [2.45, 2.75) is 12.6 Å². The molecular weight excluding hydrogens is 342 g/mol. The maximum Gasteiger partial charge on any atom is 0.179 e. The van der Waals surface area contributed by atoms with Crippen molar-refractivity contribution < 1.29 is 18.9 Å². The Morgan fingerprint density at radius 2 is 1.84 bits per heavy atom. The third kappa shape index (κ3) is 3.62. The van der Waals surface area contributed by atoms with Crippen molar-refractivity contribution in [3.8, 4) is 23.0 Å². The van der Waals surface area contributed by atoms with Crippen LogP contribution >= 0.6 is 11.6 Å². The second-order valence-corrected chi connectivity index (χ2v) is 6.70. The summed E-state index contributed by atoms with van der Waals surface area (Å²) in [7, 11) is 2.05. The Bertz CT molecular complexity index is 767. The van der Waals surface area contributed by atoms with Crippen LogP contribution in [-0.2, 0) is 6.54 Å². The van der Waals surface area contributed by atoms with Gasteiger partial charge in [0.05, 0.1) is 5.02 Å². The molecule has 0 bridgehead atoms. The molecule has 2 heterocycles. The van der Waals surface area contributed by atoms with E-state index in [2.05, 4.69) is 11.9 Å². The Hall–Kier alpha value is -2.11. The van der Waals surface area contributed by atoms with E-state index in [4.69, 9.17) is 30.5 Å². The summed E-state index contributed by atoms with van der Waals surface area (Å²) >= 11 is 6.31. The zero-order valence-electron chi connectivity index (χ0n) is 14.0. The molecule has 1 atom stereocenters. The molecule has 4 rings (SSSR count). The molecule has 6 heteroatoms. The first-order valence-electron chi connectivity index (χ1n) is 8.34. The van der Waals surface area contributed by atoms with E-state index < -0.39 is 0 Å². The highest BCUT2D eigenvalue weighted by atomic mass is 35.5. The second-order valence-electron chi connectivity index (χ2n) is 6.30. The number of nitrogens with zero attached hydrogens (tertiary/aromatic N) is 1. The predicted molar refractivity (Wildman–Crippen MR) is 95.1 cm³/mol. The van der Waals surface area contributed by atoms with Crippen LogP contribution in [0.5, 0.6) is 23.0 Å². The molecule has 0 unspecified atom stereocenters. The molecule has 0 aliphatic carbocycles. The minimum absolute atomic E-state index is 0.00687. The number of likely N-dealkylation sites (N-methyl/N-ethyl adjacent to an activating group) is 1. The van der Waals surface area contributed by atoms with E-state index in [1.54, 1.807) is 0 Å². The van der Waals surface area contributed by atoms with Gasteiger partial charge in [-0.15, -0.1) is 0 Å². The number of hydrogen-bond acceptors (Lipinski definition) is 5. The number of fused-ring (bicyclic) bond motifs is 2. The first-order valence-corrected chi connectivity index (χ1v) is 8.72. The Morgan fingerprint density at radius 3 is 2.72 bits per heavy atom. The van der Waals surface area contributed by atoms with Gasteiger partial charge in [-0.3, -0.25) is 4.90 Å². The lowest BCUT2D eigenvalue weighted by Crippen LogP contribution is -2.39. The summed E-state index contributed by atoms with van der Waals surface area (Å²) in [4.78, 5) is 2.18. The van der Waals surface area contributed by atoms with Gasteiger partial charge in [0.25, 0.3) is 0 Å². The van der Waals surface area contributed by atoms with Crippen LogP contribution in [0.15, 0.2) is 36.4 Å². The van der Waals surface area contributed by atoms with Gasteiger partial charge in [0.1, 0.15) is 25.9 Å². The summed E-state index contributed by atoms with van der Waals surface area (Å²) in [6.07, 6.45) is -0.00687. The molecule has 0 amide bonds. The van der Waals surface area contributed by atoms with Crippen LogP contribution in [0.4, 0.5) is 0 Å².